The van der Waals surface area contributed by atoms with E-state index in [4.69, 9.17) is 16.3 Å². The van der Waals surface area contributed by atoms with Gasteiger partial charge < -0.3 is 14.7 Å². The summed E-state index contributed by atoms with van der Waals surface area (Å²) in [7, 11) is 3.09. The van der Waals surface area contributed by atoms with E-state index in [0.29, 0.717) is 11.3 Å². The van der Waals surface area contributed by atoms with Crippen LogP contribution in [0.2, 0.25) is 0 Å². The normalized spacial score (nSPS) is 26.6. The average Bonchev–Trinajstić information content (AvgIpc) is 2.64. The average molecular weight is 284 g/mol. The Labute approximate surface area is 115 Å². The molecule has 0 saturated carbocycles. The van der Waals surface area contributed by atoms with Crippen molar-refractivity contribution in [2.24, 2.45) is 0 Å². The highest BCUT2D eigenvalue weighted by Crippen LogP contribution is 2.42. The molecule has 1 fully saturated rings. The van der Waals surface area contributed by atoms with E-state index < -0.39 is 22.7 Å². The lowest BCUT2D eigenvalue weighted by Crippen LogP contribution is -2.44. The summed E-state index contributed by atoms with van der Waals surface area (Å²) < 4.78 is 5.05. The molecule has 1 aliphatic rings. The second-order valence-electron chi connectivity index (χ2n) is 4.53. The Morgan fingerprint density at radius 2 is 2.05 bits per heavy atom. The summed E-state index contributed by atoms with van der Waals surface area (Å²) in [6, 6.07) is 6.90. The number of benzene rings is 1. The number of alkyl halides is 1. The SMILES string of the molecule is COc1ccc([C@@H]2CN(C)C(=O)C2(Cl)C(=O)O)cc1. The largest absolute Gasteiger partial charge is 0.497 e. The van der Waals surface area contributed by atoms with Gasteiger partial charge in [0, 0.05) is 19.5 Å². The number of aliphatic carboxylic acids is 1. The Morgan fingerprint density at radius 3 is 2.53 bits per heavy atom. The van der Waals surface area contributed by atoms with Crippen molar-refractivity contribution in [1.82, 2.24) is 4.90 Å². The molecule has 1 aromatic carbocycles. The van der Waals surface area contributed by atoms with Crippen LogP contribution in [0.1, 0.15) is 11.5 Å². The number of rotatable bonds is 3. The molecule has 0 aliphatic carbocycles. The molecule has 2 atom stereocenters. The molecule has 102 valence electrons. The van der Waals surface area contributed by atoms with Crippen LogP contribution in [0.4, 0.5) is 0 Å². The molecule has 1 heterocycles. The van der Waals surface area contributed by atoms with Crippen LogP contribution in [-0.4, -0.2) is 47.5 Å². The van der Waals surface area contributed by atoms with Gasteiger partial charge >= 0.3 is 5.97 Å². The summed E-state index contributed by atoms with van der Waals surface area (Å²) in [5.41, 5.74) is 0.705. The van der Waals surface area contributed by atoms with Crippen molar-refractivity contribution in [3.63, 3.8) is 0 Å². The summed E-state index contributed by atoms with van der Waals surface area (Å²) in [6.07, 6.45) is 0. The Balaban J connectivity index is 2.42. The fraction of sp³-hybridized carbons (Fsp3) is 0.385. The molecule has 2 rings (SSSR count). The molecule has 1 amide bonds. The second kappa shape index (κ2) is 4.74. The zero-order valence-electron chi connectivity index (χ0n) is 10.6. The first kappa shape index (κ1) is 13.7. The lowest BCUT2D eigenvalue weighted by Gasteiger charge is -2.21. The third kappa shape index (κ3) is 2.04. The van der Waals surface area contributed by atoms with Gasteiger partial charge in [0.1, 0.15) is 5.75 Å². The number of hydrogen-bond donors (Lipinski definition) is 1. The van der Waals surface area contributed by atoms with E-state index in [-0.39, 0.29) is 6.54 Å². The van der Waals surface area contributed by atoms with E-state index in [1.165, 1.54) is 4.90 Å². The van der Waals surface area contributed by atoms with Gasteiger partial charge in [0.05, 0.1) is 7.11 Å². The van der Waals surface area contributed by atoms with Crippen molar-refractivity contribution in [3.8, 4) is 5.75 Å². The molecule has 1 N–H and O–H groups in total. The lowest BCUT2D eigenvalue weighted by molar-refractivity contribution is -0.145. The predicted octanol–water partition coefficient (Wildman–Crippen LogP) is 1.31. The van der Waals surface area contributed by atoms with Gasteiger partial charge in [-0.1, -0.05) is 23.7 Å². The third-order valence-corrected chi connectivity index (χ3v) is 4.01. The molecule has 1 aromatic rings. The monoisotopic (exact) mass is 283 g/mol. The number of halogens is 1. The number of ether oxygens (including phenoxy) is 1. The minimum Gasteiger partial charge on any atom is -0.497 e. The Bertz CT molecular complexity index is 516. The van der Waals surface area contributed by atoms with Gasteiger partial charge in [-0.3, -0.25) is 4.79 Å². The van der Waals surface area contributed by atoms with E-state index in [0.717, 1.165) is 0 Å². The molecule has 0 radical (unpaired) electrons. The van der Waals surface area contributed by atoms with Crippen molar-refractivity contribution in [3.05, 3.63) is 29.8 Å². The fourth-order valence-corrected chi connectivity index (χ4v) is 2.66. The van der Waals surface area contributed by atoms with Gasteiger partial charge in [-0.05, 0) is 17.7 Å². The molecule has 0 bridgehead atoms. The molecule has 1 saturated heterocycles. The number of nitrogens with zero attached hydrogens (tertiary/aromatic N) is 1. The van der Waals surface area contributed by atoms with Crippen LogP contribution in [0.5, 0.6) is 5.75 Å². The Morgan fingerprint density at radius 1 is 1.47 bits per heavy atom. The molecule has 1 unspecified atom stereocenters. The fourth-order valence-electron chi connectivity index (χ4n) is 2.32. The summed E-state index contributed by atoms with van der Waals surface area (Å²) in [5.74, 6) is -1.82. The van der Waals surface area contributed by atoms with E-state index in [9.17, 15) is 14.7 Å². The summed E-state index contributed by atoms with van der Waals surface area (Å²) in [6.45, 7) is 0.279. The molecule has 5 nitrogen and oxygen atoms in total. The number of likely N-dealkylation sites (N-methyl/N-ethyl adjacent to an activating group) is 1. The number of hydrogen-bond acceptors (Lipinski definition) is 3. The first-order valence-electron chi connectivity index (χ1n) is 5.73. The number of carbonyl (C=O) groups is 2. The van der Waals surface area contributed by atoms with Crippen molar-refractivity contribution in [1.29, 1.82) is 0 Å². The van der Waals surface area contributed by atoms with Gasteiger partial charge in [0.15, 0.2) is 0 Å². The minimum absolute atomic E-state index is 0.279. The van der Waals surface area contributed by atoms with E-state index >= 15 is 0 Å². The van der Waals surface area contributed by atoms with Gasteiger partial charge in [-0.25, -0.2) is 4.79 Å². The number of carboxylic acid groups (broad SMARTS) is 1. The number of carbonyl (C=O) groups excluding carboxylic acids is 1. The van der Waals surface area contributed by atoms with Gasteiger partial charge in [-0.2, -0.15) is 0 Å². The van der Waals surface area contributed by atoms with Crippen LogP contribution in [0.25, 0.3) is 0 Å². The third-order valence-electron chi connectivity index (χ3n) is 3.42. The van der Waals surface area contributed by atoms with Gasteiger partial charge in [-0.15, -0.1) is 0 Å². The number of likely N-dealkylation sites (tertiary alicyclic amines) is 1. The topological polar surface area (TPSA) is 66.8 Å². The zero-order valence-corrected chi connectivity index (χ0v) is 11.3. The molecule has 0 spiro atoms. The Kier molecular flexibility index (Phi) is 3.41. The smallest absolute Gasteiger partial charge is 0.335 e. The van der Waals surface area contributed by atoms with E-state index in [2.05, 4.69) is 0 Å². The highest BCUT2D eigenvalue weighted by molar-refractivity contribution is 6.46. The molecular formula is C13H14ClNO4. The van der Waals surface area contributed by atoms with Crippen molar-refractivity contribution >= 4 is 23.5 Å². The minimum atomic E-state index is -1.93. The van der Waals surface area contributed by atoms with Crippen LogP contribution in [0.15, 0.2) is 24.3 Å². The maximum Gasteiger partial charge on any atom is 0.335 e. The summed E-state index contributed by atoms with van der Waals surface area (Å²) in [4.78, 5) is 22.8. The second-order valence-corrected chi connectivity index (χ2v) is 5.12. The first-order valence-corrected chi connectivity index (χ1v) is 6.11. The standard InChI is InChI=1S/C13H14ClNO4/c1-15-7-10(13(14,11(15)16)12(17)18)8-3-5-9(19-2)6-4-8/h3-6,10H,7H2,1-2H3,(H,17,18)/t10-,13?/m0/s1. The maximum absolute atomic E-state index is 12.0. The van der Waals surface area contributed by atoms with Crippen LogP contribution in [0, 0.1) is 0 Å². The molecule has 6 heteroatoms. The zero-order chi connectivity index (χ0) is 14.2. The molecule has 0 aromatic heterocycles. The highest BCUT2D eigenvalue weighted by atomic mass is 35.5. The van der Waals surface area contributed by atoms with Crippen LogP contribution < -0.4 is 4.74 Å². The number of methoxy groups -OCH3 is 1. The predicted molar refractivity (Wildman–Crippen MR) is 69.6 cm³/mol. The molecular weight excluding hydrogens is 270 g/mol. The van der Waals surface area contributed by atoms with Crippen molar-refractivity contribution < 1.29 is 19.4 Å². The van der Waals surface area contributed by atoms with E-state index in [1.54, 1.807) is 38.4 Å². The van der Waals surface area contributed by atoms with Crippen LogP contribution in [-0.2, 0) is 9.59 Å². The number of amides is 1. The quantitative estimate of drug-likeness (QED) is 0.671. The number of carboxylic acids is 1. The van der Waals surface area contributed by atoms with Gasteiger partial charge in [0.2, 0.25) is 4.87 Å². The molecule has 19 heavy (non-hydrogen) atoms. The van der Waals surface area contributed by atoms with Crippen molar-refractivity contribution in [2.45, 2.75) is 10.8 Å². The lowest BCUT2D eigenvalue weighted by atomic mass is 9.88. The van der Waals surface area contributed by atoms with Gasteiger partial charge in [0.25, 0.3) is 5.91 Å². The Hall–Kier alpha value is -1.75. The summed E-state index contributed by atoms with van der Waals surface area (Å²) in [5, 5.41) is 9.29. The van der Waals surface area contributed by atoms with Crippen LogP contribution in [0.3, 0.4) is 0 Å². The van der Waals surface area contributed by atoms with Crippen molar-refractivity contribution in [2.75, 3.05) is 20.7 Å². The van der Waals surface area contributed by atoms with Crippen LogP contribution >= 0.6 is 11.6 Å². The highest BCUT2D eigenvalue weighted by Gasteiger charge is 2.58. The summed E-state index contributed by atoms with van der Waals surface area (Å²) >= 11 is 6.10. The first-order chi connectivity index (χ1) is 8.91. The van der Waals surface area contributed by atoms with E-state index in [1.807, 2.05) is 0 Å². The molecule has 1 aliphatic heterocycles. The maximum atomic E-state index is 12.0.